The smallest absolute Gasteiger partial charge is 0.323 e. The second-order valence-corrected chi connectivity index (χ2v) is 5.62. The molecule has 0 aromatic heterocycles. The topological polar surface area (TPSA) is 59.6 Å². The van der Waals surface area contributed by atoms with E-state index in [1.165, 1.54) is 14.2 Å². The van der Waals surface area contributed by atoms with Gasteiger partial charge in [-0.25, -0.2) is 4.79 Å². The fourth-order valence-corrected chi connectivity index (χ4v) is 2.35. The molecule has 2 amide bonds. The molecule has 0 saturated heterocycles. The van der Waals surface area contributed by atoms with Crippen molar-refractivity contribution in [3.63, 3.8) is 0 Å². The fourth-order valence-electron chi connectivity index (χ4n) is 1.82. The number of carbonyl (C=O) groups excluding carboxylic acids is 1. The van der Waals surface area contributed by atoms with E-state index in [4.69, 9.17) is 44.3 Å². The lowest BCUT2D eigenvalue weighted by Gasteiger charge is -2.14. The predicted molar refractivity (Wildman–Crippen MR) is 93.7 cm³/mol. The maximum absolute atomic E-state index is 12.1. The van der Waals surface area contributed by atoms with Crippen molar-refractivity contribution in [3.8, 4) is 11.5 Å². The summed E-state index contributed by atoms with van der Waals surface area (Å²) in [5, 5.41) is 6.42. The van der Waals surface area contributed by atoms with Crippen molar-refractivity contribution in [2.45, 2.75) is 0 Å². The minimum Gasteiger partial charge on any atom is -0.495 e. The van der Waals surface area contributed by atoms with E-state index in [-0.39, 0.29) is 0 Å². The highest BCUT2D eigenvalue weighted by Crippen LogP contribution is 2.36. The van der Waals surface area contributed by atoms with Crippen molar-refractivity contribution in [1.29, 1.82) is 0 Å². The summed E-state index contributed by atoms with van der Waals surface area (Å²) in [5.74, 6) is 0.817. The molecule has 0 bridgehead atoms. The number of hydrogen-bond acceptors (Lipinski definition) is 3. The number of halogens is 3. The number of amides is 2. The van der Waals surface area contributed by atoms with Gasteiger partial charge in [0.15, 0.2) is 0 Å². The Balaban J connectivity index is 2.17. The van der Waals surface area contributed by atoms with Gasteiger partial charge in [-0.1, -0.05) is 34.8 Å². The van der Waals surface area contributed by atoms with Gasteiger partial charge >= 0.3 is 6.03 Å². The van der Waals surface area contributed by atoms with Gasteiger partial charge in [0.05, 0.1) is 35.0 Å². The number of urea groups is 1. The van der Waals surface area contributed by atoms with Gasteiger partial charge in [0.2, 0.25) is 0 Å². The van der Waals surface area contributed by atoms with E-state index in [9.17, 15) is 4.79 Å². The van der Waals surface area contributed by atoms with E-state index in [0.717, 1.165) is 0 Å². The van der Waals surface area contributed by atoms with Crippen molar-refractivity contribution in [2.75, 3.05) is 24.9 Å². The zero-order chi connectivity index (χ0) is 17.0. The largest absolute Gasteiger partial charge is 0.495 e. The Bertz CT molecular complexity index is 738. The zero-order valence-corrected chi connectivity index (χ0v) is 14.5. The van der Waals surface area contributed by atoms with Crippen LogP contribution in [-0.2, 0) is 0 Å². The molecule has 0 aliphatic heterocycles. The Morgan fingerprint density at radius 3 is 2.17 bits per heavy atom. The third-order valence-electron chi connectivity index (χ3n) is 2.90. The molecule has 0 saturated carbocycles. The van der Waals surface area contributed by atoms with Gasteiger partial charge in [-0.15, -0.1) is 0 Å². The number of ether oxygens (including phenoxy) is 2. The van der Waals surface area contributed by atoms with E-state index < -0.39 is 6.03 Å². The lowest BCUT2D eigenvalue weighted by atomic mass is 10.2. The van der Waals surface area contributed by atoms with Crippen LogP contribution < -0.4 is 20.1 Å². The Morgan fingerprint density at radius 2 is 1.57 bits per heavy atom. The zero-order valence-electron chi connectivity index (χ0n) is 12.2. The van der Waals surface area contributed by atoms with Gasteiger partial charge in [0, 0.05) is 17.8 Å². The number of benzene rings is 2. The lowest BCUT2D eigenvalue weighted by molar-refractivity contribution is 0.262. The molecule has 0 aliphatic rings. The van der Waals surface area contributed by atoms with Crippen LogP contribution in [0.15, 0.2) is 30.3 Å². The normalized spacial score (nSPS) is 10.1. The number of methoxy groups -OCH3 is 2. The molecule has 0 radical (unpaired) electrons. The van der Waals surface area contributed by atoms with Gasteiger partial charge in [-0.3, -0.25) is 0 Å². The monoisotopic (exact) mass is 374 g/mol. The summed E-state index contributed by atoms with van der Waals surface area (Å²) >= 11 is 17.8. The highest BCUT2D eigenvalue weighted by Gasteiger charge is 2.13. The molecule has 0 atom stereocenters. The summed E-state index contributed by atoms with van der Waals surface area (Å²) in [4.78, 5) is 12.1. The summed E-state index contributed by atoms with van der Waals surface area (Å²) in [5.41, 5.74) is 0.906. The molecule has 0 spiro atoms. The molecule has 122 valence electrons. The van der Waals surface area contributed by atoms with Crippen LogP contribution in [0.3, 0.4) is 0 Å². The van der Waals surface area contributed by atoms with Crippen molar-refractivity contribution >= 4 is 52.2 Å². The van der Waals surface area contributed by atoms with Crippen LogP contribution in [0, 0.1) is 0 Å². The van der Waals surface area contributed by atoms with Gasteiger partial charge < -0.3 is 20.1 Å². The summed E-state index contributed by atoms with van der Waals surface area (Å²) in [6.07, 6.45) is 0. The van der Waals surface area contributed by atoms with Crippen LogP contribution in [0.5, 0.6) is 11.5 Å². The third kappa shape index (κ3) is 4.34. The van der Waals surface area contributed by atoms with Crippen LogP contribution in [0.4, 0.5) is 16.2 Å². The quantitative estimate of drug-likeness (QED) is 0.761. The molecule has 0 aliphatic carbocycles. The number of nitrogens with one attached hydrogen (secondary N) is 2. The first-order valence-electron chi connectivity index (χ1n) is 6.39. The number of anilines is 2. The SMILES string of the molecule is COc1cc(NC(=O)Nc2ccc(Cl)c(Cl)c2)c(OC)cc1Cl. The molecule has 0 heterocycles. The van der Waals surface area contributed by atoms with E-state index >= 15 is 0 Å². The average molecular weight is 376 g/mol. The molecule has 0 fully saturated rings. The Kier molecular flexibility index (Phi) is 5.82. The first kappa shape index (κ1) is 17.5. The molecule has 5 nitrogen and oxygen atoms in total. The summed E-state index contributed by atoms with van der Waals surface area (Å²) in [6, 6.07) is 7.40. The Hall–Kier alpha value is -1.82. The molecular weight excluding hydrogens is 363 g/mol. The van der Waals surface area contributed by atoms with Crippen LogP contribution in [0.2, 0.25) is 15.1 Å². The standard InChI is InChI=1S/C15H13Cl3N2O3/c1-22-13-7-12(14(23-2)6-11(13)18)20-15(21)19-8-3-4-9(16)10(17)5-8/h3-7H,1-2H3,(H2,19,20,21). The minimum absolute atomic E-state index is 0.343. The highest BCUT2D eigenvalue weighted by molar-refractivity contribution is 6.42. The molecule has 2 aromatic rings. The van der Waals surface area contributed by atoms with Crippen LogP contribution >= 0.6 is 34.8 Å². The number of hydrogen-bond donors (Lipinski definition) is 2. The predicted octanol–water partition coefficient (Wildman–Crippen LogP) is 5.31. The molecule has 0 unspecified atom stereocenters. The summed E-state index contributed by atoms with van der Waals surface area (Å²) < 4.78 is 10.3. The van der Waals surface area contributed by atoms with Crippen molar-refractivity contribution in [2.24, 2.45) is 0 Å². The molecule has 2 aromatic carbocycles. The fraction of sp³-hybridized carbons (Fsp3) is 0.133. The Morgan fingerprint density at radius 1 is 0.870 bits per heavy atom. The van der Waals surface area contributed by atoms with Crippen molar-refractivity contribution in [3.05, 3.63) is 45.4 Å². The van der Waals surface area contributed by atoms with E-state index in [2.05, 4.69) is 10.6 Å². The second-order valence-electron chi connectivity index (χ2n) is 4.40. The van der Waals surface area contributed by atoms with Crippen LogP contribution in [-0.4, -0.2) is 20.3 Å². The Labute approximate surface area is 148 Å². The molecular formula is C15H13Cl3N2O3. The number of carbonyl (C=O) groups is 1. The van der Waals surface area contributed by atoms with Crippen molar-refractivity contribution in [1.82, 2.24) is 0 Å². The first-order valence-corrected chi connectivity index (χ1v) is 7.52. The van der Waals surface area contributed by atoms with Gasteiger partial charge in [0.1, 0.15) is 11.5 Å². The molecule has 8 heteroatoms. The van der Waals surface area contributed by atoms with Gasteiger partial charge in [-0.05, 0) is 18.2 Å². The third-order valence-corrected chi connectivity index (χ3v) is 3.93. The first-order chi connectivity index (χ1) is 10.9. The number of rotatable bonds is 4. The molecule has 23 heavy (non-hydrogen) atoms. The molecule has 2 N–H and O–H groups in total. The summed E-state index contributed by atoms with van der Waals surface area (Å²) in [6.45, 7) is 0. The highest BCUT2D eigenvalue weighted by atomic mass is 35.5. The van der Waals surface area contributed by atoms with E-state index in [1.807, 2.05) is 0 Å². The van der Waals surface area contributed by atoms with Crippen molar-refractivity contribution < 1.29 is 14.3 Å². The van der Waals surface area contributed by atoms with Crippen LogP contribution in [0.25, 0.3) is 0 Å². The maximum Gasteiger partial charge on any atom is 0.323 e. The second kappa shape index (κ2) is 7.64. The van der Waals surface area contributed by atoms with E-state index in [0.29, 0.717) is 37.9 Å². The van der Waals surface area contributed by atoms with E-state index in [1.54, 1.807) is 30.3 Å². The maximum atomic E-state index is 12.1. The van der Waals surface area contributed by atoms with Gasteiger partial charge in [-0.2, -0.15) is 0 Å². The minimum atomic E-state index is -0.480. The van der Waals surface area contributed by atoms with Crippen LogP contribution in [0.1, 0.15) is 0 Å². The lowest BCUT2D eigenvalue weighted by Crippen LogP contribution is -2.19. The van der Waals surface area contributed by atoms with Gasteiger partial charge in [0.25, 0.3) is 0 Å². The molecule has 2 rings (SSSR count). The average Bonchev–Trinajstić information content (AvgIpc) is 2.52. The summed E-state index contributed by atoms with van der Waals surface area (Å²) in [7, 11) is 2.95.